The number of amides is 1. The van der Waals surface area contributed by atoms with Crippen LogP contribution in [-0.4, -0.2) is 74.2 Å². The molecule has 0 aromatic heterocycles. The zero-order valence-electron chi connectivity index (χ0n) is 11.7. The van der Waals surface area contributed by atoms with E-state index in [1.54, 1.807) is 0 Å². The predicted molar refractivity (Wildman–Crippen MR) is 70.5 cm³/mol. The second kappa shape index (κ2) is 5.55. The fourth-order valence-electron chi connectivity index (χ4n) is 2.54. The molecule has 2 aliphatic rings. The largest absolute Gasteiger partial charge is 0.363 e. The highest BCUT2D eigenvalue weighted by Crippen LogP contribution is 2.17. The zero-order chi connectivity index (χ0) is 13.2. The van der Waals surface area contributed by atoms with Crippen LogP contribution >= 0.6 is 0 Å². The summed E-state index contributed by atoms with van der Waals surface area (Å²) in [6, 6.07) is 0.614. The van der Waals surface area contributed by atoms with E-state index in [4.69, 9.17) is 4.74 Å². The first-order valence-corrected chi connectivity index (χ1v) is 6.79. The molecule has 0 aliphatic carbocycles. The molecule has 104 valence electrons. The molecular weight excluding hydrogens is 230 g/mol. The minimum atomic E-state index is -0.127. The van der Waals surface area contributed by atoms with Crippen molar-refractivity contribution >= 4 is 5.91 Å². The van der Waals surface area contributed by atoms with Gasteiger partial charge in [-0.3, -0.25) is 4.79 Å². The molecule has 1 N–H and O–H groups in total. The highest BCUT2D eigenvalue weighted by atomic mass is 16.5. The molecule has 2 rings (SSSR count). The van der Waals surface area contributed by atoms with Crippen molar-refractivity contribution in [3.05, 3.63) is 0 Å². The highest BCUT2D eigenvalue weighted by Gasteiger charge is 2.34. The normalized spacial score (nSPS) is 24.1. The molecule has 0 aromatic carbocycles. The molecule has 2 aliphatic heterocycles. The van der Waals surface area contributed by atoms with Crippen molar-refractivity contribution in [3.8, 4) is 0 Å². The Kier molecular flexibility index (Phi) is 4.25. The van der Waals surface area contributed by atoms with E-state index in [9.17, 15) is 4.79 Å². The Labute approximate surface area is 109 Å². The molecule has 0 saturated carbocycles. The second-order valence-electron chi connectivity index (χ2n) is 5.92. The summed E-state index contributed by atoms with van der Waals surface area (Å²) in [5.74, 6) is 0.139. The van der Waals surface area contributed by atoms with Crippen LogP contribution in [0.4, 0.5) is 0 Å². The molecule has 0 bridgehead atoms. The van der Waals surface area contributed by atoms with E-state index in [0.717, 1.165) is 39.0 Å². The van der Waals surface area contributed by atoms with Gasteiger partial charge < -0.3 is 19.9 Å². The van der Waals surface area contributed by atoms with Crippen LogP contribution in [0.1, 0.15) is 19.8 Å². The number of nitrogens with one attached hydrogen (secondary N) is 1. The summed E-state index contributed by atoms with van der Waals surface area (Å²) in [5.41, 5.74) is -0.127. The van der Waals surface area contributed by atoms with Crippen molar-refractivity contribution in [3.63, 3.8) is 0 Å². The Balaban J connectivity index is 1.70. The zero-order valence-corrected chi connectivity index (χ0v) is 11.7. The number of ether oxygens (including phenoxy) is 1. The number of likely N-dealkylation sites (tertiary alicyclic amines) is 1. The molecule has 5 heteroatoms. The molecule has 2 saturated heterocycles. The van der Waals surface area contributed by atoms with Crippen LogP contribution in [0.15, 0.2) is 0 Å². The first kappa shape index (κ1) is 13.8. The molecular formula is C13H25N3O2. The van der Waals surface area contributed by atoms with Gasteiger partial charge in [0.25, 0.3) is 0 Å². The summed E-state index contributed by atoms with van der Waals surface area (Å²) < 4.78 is 5.69. The summed E-state index contributed by atoms with van der Waals surface area (Å²) in [7, 11) is 4.21. The SMILES string of the molecule is CN(C)C1CCN(C(=O)COC2(C)CNC2)CC1. The molecule has 2 heterocycles. The number of carbonyl (C=O) groups excluding carboxylic acids is 1. The van der Waals surface area contributed by atoms with Gasteiger partial charge in [-0.25, -0.2) is 0 Å². The third-order valence-corrected chi connectivity index (χ3v) is 4.09. The van der Waals surface area contributed by atoms with Crippen LogP contribution in [0.2, 0.25) is 0 Å². The first-order valence-electron chi connectivity index (χ1n) is 6.79. The highest BCUT2D eigenvalue weighted by molar-refractivity contribution is 5.77. The molecule has 0 atom stereocenters. The summed E-state index contributed by atoms with van der Waals surface area (Å²) in [4.78, 5) is 16.2. The smallest absolute Gasteiger partial charge is 0.248 e. The second-order valence-corrected chi connectivity index (χ2v) is 5.92. The van der Waals surface area contributed by atoms with E-state index in [1.807, 2.05) is 4.90 Å². The van der Waals surface area contributed by atoms with Crippen LogP contribution in [0, 0.1) is 0 Å². The number of hydrogen-bond acceptors (Lipinski definition) is 4. The number of rotatable bonds is 4. The van der Waals surface area contributed by atoms with E-state index < -0.39 is 0 Å². The predicted octanol–water partition coefficient (Wildman–Crippen LogP) is -0.0825. The van der Waals surface area contributed by atoms with Crippen molar-refractivity contribution in [1.29, 1.82) is 0 Å². The van der Waals surface area contributed by atoms with Gasteiger partial charge in [0.2, 0.25) is 5.91 Å². The maximum atomic E-state index is 12.0. The van der Waals surface area contributed by atoms with Crippen LogP contribution in [0.3, 0.4) is 0 Å². The Morgan fingerprint density at radius 3 is 2.44 bits per heavy atom. The number of nitrogens with zero attached hydrogens (tertiary/aromatic N) is 2. The molecule has 2 fully saturated rings. The average Bonchev–Trinajstić information content (AvgIpc) is 2.33. The van der Waals surface area contributed by atoms with Gasteiger partial charge in [-0.1, -0.05) is 0 Å². The summed E-state index contributed by atoms with van der Waals surface area (Å²) in [5, 5.41) is 3.17. The van der Waals surface area contributed by atoms with E-state index in [2.05, 4.69) is 31.2 Å². The maximum Gasteiger partial charge on any atom is 0.248 e. The van der Waals surface area contributed by atoms with Crippen molar-refractivity contribution < 1.29 is 9.53 Å². The molecule has 1 amide bonds. The van der Waals surface area contributed by atoms with Gasteiger partial charge >= 0.3 is 0 Å². The van der Waals surface area contributed by atoms with E-state index >= 15 is 0 Å². The van der Waals surface area contributed by atoms with Crippen LogP contribution in [0.5, 0.6) is 0 Å². The Morgan fingerprint density at radius 1 is 1.39 bits per heavy atom. The molecule has 0 aromatic rings. The lowest BCUT2D eigenvalue weighted by atomic mass is 10.0. The van der Waals surface area contributed by atoms with Crippen molar-refractivity contribution in [2.24, 2.45) is 0 Å². The topological polar surface area (TPSA) is 44.8 Å². The fraction of sp³-hybridized carbons (Fsp3) is 0.923. The Morgan fingerprint density at radius 2 is 2.00 bits per heavy atom. The van der Waals surface area contributed by atoms with Gasteiger partial charge in [0.1, 0.15) is 6.61 Å². The van der Waals surface area contributed by atoms with E-state index in [-0.39, 0.29) is 18.1 Å². The van der Waals surface area contributed by atoms with Gasteiger partial charge in [-0.05, 0) is 33.9 Å². The number of hydrogen-bond donors (Lipinski definition) is 1. The van der Waals surface area contributed by atoms with Gasteiger partial charge in [-0.2, -0.15) is 0 Å². The number of carbonyl (C=O) groups is 1. The van der Waals surface area contributed by atoms with Gasteiger partial charge in [-0.15, -0.1) is 0 Å². The summed E-state index contributed by atoms with van der Waals surface area (Å²) in [6.07, 6.45) is 2.13. The number of piperidine rings is 1. The summed E-state index contributed by atoms with van der Waals surface area (Å²) in [6.45, 7) is 5.70. The van der Waals surface area contributed by atoms with Gasteiger partial charge in [0, 0.05) is 32.2 Å². The molecule has 5 nitrogen and oxygen atoms in total. The van der Waals surface area contributed by atoms with Crippen molar-refractivity contribution in [1.82, 2.24) is 15.1 Å². The average molecular weight is 255 g/mol. The van der Waals surface area contributed by atoms with Crippen LogP contribution in [-0.2, 0) is 9.53 Å². The van der Waals surface area contributed by atoms with E-state index in [1.165, 1.54) is 0 Å². The molecule has 0 unspecified atom stereocenters. The first-order chi connectivity index (χ1) is 8.50. The Hall–Kier alpha value is -0.650. The molecule has 0 radical (unpaired) electrons. The third-order valence-electron chi connectivity index (χ3n) is 4.09. The van der Waals surface area contributed by atoms with Gasteiger partial charge in [0.05, 0.1) is 5.60 Å². The lowest BCUT2D eigenvalue weighted by Gasteiger charge is -2.40. The van der Waals surface area contributed by atoms with Gasteiger partial charge in [0.15, 0.2) is 0 Å². The minimum Gasteiger partial charge on any atom is -0.363 e. The Bertz CT molecular complexity index is 295. The van der Waals surface area contributed by atoms with Crippen molar-refractivity contribution in [2.45, 2.75) is 31.4 Å². The third kappa shape index (κ3) is 3.22. The standard InChI is InChI=1S/C13H25N3O2/c1-13(9-14-10-13)18-8-12(17)16-6-4-11(5-7-16)15(2)3/h11,14H,4-10H2,1-3H3. The monoisotopic (exact) mass is 255 g/mol. The molecule has 18 heavy (non-hydrogen) atoms. The maximum absolute atomic E-state index is 12.0. The lowest BCUT2D eigenvalue weighted by Crippen LogP contribution is -2.60. The summed E-state index contributed by atoms with van der Waals surface area (Å²) >= 11 is 0. The quantitative estimate of drug-likeness (QED) is 0.763. The van der Waals surface area contributed by atoms with Crippen molar-refractivity contribution in [2.75, 3.05) is 46.9 Å². The molecule has 0 spiro atoms. The van der Waals surface area contributed by atoms with E-state index in [0.29, 0.717) is 6.04 Å². The van der Waals surface area contributed by atoms with Crippen LogP contribution in [0.25, 0.3) is 0 Å². The fourth-order valence-corrected chi connectivity index (χ4v) is 2.54. The lowest BCUT2D eigenvalue weighted by molar-refractivity contribution is -0.147. The minimum absolute atomic E-state index is 0.127. The van der Waals surface area contributed by atoms with Crippen LogP contribution < -0.4 is 5.32 Å².